The number of aryl methyl sites for hydroxylation is 2. The molecule has 1 saturated heterocycles. The fourth-order valence-corrected chi connectivity index (χ4v) is 17.2. The van der Waals surface area contributed by atoms with Crippen molar-refractivity contribution in [3.63, 3.8) is 0 Å². The van der Waals surface area contributed by atoms with Crippen molar-refractivity contribution >= 4 is 69.6 Å². The minimum Gasteiger partial charge on any atom is -0.488 e. The van der Waals surface area contributed by atoms with E-state index in [1.807, 2.05) is 101 Å². The van der Waals surface area contributed by atoms with Gasteiger partial charge in [0, 0.05) is 75.5 Å². The van der Waals surface area contributed by atoms with Crippen LogP contribution in [-0.4, -0.2) is 91.3 Å². The summed E-state index contributed by atoms with van der Waals surface area (Å²) in [5, 5.41) is 12.6. The van der Waals surface area contributed by atoms with Gasteiger partial charge < -0.3 is 34.1 Å². The number of fused-ring (bicyclic) bond motifs is 14. The summed E-state index contributed by atoms with van der Waals surface area (Å²) in [6.07, 6.45) is 4.72. The van der Waals surface area contributed by atoms with Gasteiger partial charge in [-0.1, -0.05) is 157 Å². The molecule has 0 saturated carbocycles. The monoisotopic (exact) mass is 1540 g/mol. The molecular formula is C90H82ClF4NO12S2. The first kappa shape index (κ1) is 76.9. The van der Waals surface area contributed by atoms with Crippen molar-refractivity contribution in [2.45, 2.75) is 125 Å². The number of Topliss-reactive ketones (excluding diaryl/α,β-unsaturated/α-hetero) is 1. The first-order chi connectivity index (χ1) is 52.8. The zero-order valence-electron chi connectivity index (χ0n) is 61.3. The lowest BCUT2D eigenvalue weighted by molar-refractivity contribution is -0.139. The van der Waals surface area contributed by atoms with Gasteiger partial charge in [0.2, 0.25) is 0 Å². The maximum atomic E-state index is 14.0. The predicted octanol–water partition coefficient (Wildman–Crippen LogP) is 18.2. The third-order valence-electron chi connectivity index (χ3n) is 20.8. The molecule has 2 N–H and O–H groups in total. The summed E-state index contributed by atoms with van der Waals surface area (Å²) in [4.78, 5) is 13.5. The number of rotatable bonds is 10. The topological polar surface area (TPSA) is 173 Å². The van der Waals surface area contributed by atoms with E-state index in [0.717, 1.165) is 126 Å². The van der Waals surface area contributed by atoms with Crippen molar-refractivity contribution in [1.82, 2.24) is 5.32 Å². The van der Waals surface area contributed by atoms with Crippen LogP contribution in [0.3, 0.4) is 0 Å². The Hall–Kier alpha value is -9.80. The number of hydrogen-bond acceptors (Lipinski definition) is 13. The number of hydrogen-bond donors (Lipinski definition) is 2. The molecule has 1 unspecified atom stereocenters. The number of ether oxygens (including phenoxy) is 5. The standard InChI is InChI=1S/C25H21FO4S.C21H21FO3.C19H18FNO.C18H15FO2.C7H7ClO2S/c1-16-6-10-21(11-7-16)31(27,28)29-15-20-14-24-22-5-3-2-4-17(22)12-18-8-9-19(26)13-23(18)25(24)30-20;1-21(2)24-12-16(25-21)11-19-17-6-4-3-5-13(17)9-14-7-8-15(22)10-18(14)20(19)23;1-21-11-15-10-18-16-5-3-2-4-12(16)8-13-6-7-14(20)9-17(13)19(18)22-15;19-13-6-5-12-7-11-3-1-2-4-15(11)17-9-14(10-20)21-18(17)16(12)8-13;1-6-2-4-7(5-3-6)11(8,9)10/h2-11,13,20H,12,14-15H2,1H3;3-8,10,16,19H,9,11-12H2,1-2H3;2-7,9,15,21H,8,10-11H2,1H3;1-6,8,14,20H,7,9-10H2;2-5H,1H3/t20-;16-,19?;15-;14-;/m1111./s1. The molecule has 566 valence electrons. The van der Waals surface area contributed by atoms with Gasteiger partial charge in [-0.05, 0) is 206 Å². The van der Waals surface area contributed by atoms with E-state index < -0.39 is 31.1 Å². The maximum Gasteiger partial charge on any atom is 0.297 e. The summed E-state index contributed by atoms with van der Waals surface area (Å²) >= 11 is 0. The fraction of sp³-hybridized carbons (Fsp3) is 0.256. The molecule has 0 amide bonds. The molecule has 10 aromatic carbocycles. The molecule has 10 aromatic rings. The average molecular weight is 1550 g/mol. The smallest absolute Gasteiger partial charge is 0.297 e. The Morgan fingerprint density at radius 3 is 1.30 bits per heavy atom. The molecule has 4 aliphatic heterocycles. The number of ketones is 1. The highest BCUT2D eigenvalue weighted by Crippen LogP contribution is 2.48. The van der Waals surface area contributed by atoms with Crippen LogP contribution in [0.25, 0.3) is 34.0 Å². The van der Waals surface area contributed by atoms with Gasteiger partial charge >= 0.3 is 0 Å². The summed E-state index contributed by atoms with van der Waals surface area (Å²) in [5.74, 6) is 0.0191. The number of aliphatic hydroxyl groups is 1. The van der Waals surface area contributed by atoms with Gasteiger partial charge in [0.25, 0.3) is 19.2 Å². The molecule has 0 spiro atoms. The van der Waals surface area contributed by atoms with Gasteiger partial charge in [-0.15, -0.1) is 0 Å². The van der Waals surface area contributed by atoms with Gasteiger partial charge in [-0.25, -0.2) is 26.0 Å². The van der Waals surface area contributed by atoms with Crippen molar-refractivity contribution in [2.24, 2.45) is 0 Å². The van der Waals surface area contributed by atoms with Crippen LogP contribution in [0.5, 0.6) is 0 Å². The molecule has 13 nitrogen and oxygen atoms in total. The lowest BCUT2D eigenvalue weighted by Gasteiger charge is -2.21. The summed E-state index contributed by atoms with van der Waals surface area (Å²) < 4.78 is 137. The highest BCUT2D eigenvalue weighted by molar-refractivity contribution is 8.13. The zero-order valence-corrected chi connectivity index (χ0v) is 63.7. The molecule has 1 fully saturated rings. The Balaban J connectivity index is 0.000000118. The third kappa shape index (κ3) is 17.2. The Labute approximate surface area is 643 Å². The van der Waals surface area contributed by atoms with Crippen molar-refractivity contribution in [3.8, 4) is 0 Å². The van der Waals surface area contributed by atoms with Crippen LogP contribution in [-0.2, 0) is 72.7 Å². The Morgan fingerprint density at radius 2 is 0.855 bits per heavy atom. The van der Waals surface area contributed by atoms with E-state index in [2.05, 4.69) is 47.8 Å². The van der Waals surface area contributed by atoms with E-state index in [1.165, 1.54) is 89.0 Å². The molecule has 0 bridgehead atoms. The second kappa shape index (κ2) is 32.6. The lowest BCUT2D eigenvalue weighted by Crippen LogP contribution is -2.24. The highest BCUT2D eigenvalue weighted by Gasteiger charge is 2.40. The van der Waals surface area contributed by atoms with E-state index in [9.17, 15) is 44.3 Å². The molecule has 110 heavy (non-hydrogen) atoms. The van der Waals surface area contributed by atoms with Crippen LogP contribution < -0.4 is 5.32 Å². The normalized spacial score (nSPS) is 19.2. The molecule has 8 aliphatic rings. The van der Waals surface area contributed by atoms with Crippen molar-refractivity contribution in [1.29, 1.82) is 0 Å². The van der Waals surface area contributed by atoms with Crippen LogP contribution in [0.15, 0.2) is 228 Å². The van der Waals surface area contributed by atoms with E-state index in [4.69, 9.17) is 38.5 Å². The number of likely N-dealkylation sites (N-methyl/N-ethyl adjacent to an activating group) is 1. The number of carbonyl (C=O) groups excluding carboxylic acids is 1. The van der Waals surface area contributed by atoms with Crippen LogP contribution >= 0.6 is 10.7 Å². The first-order valence-electron chi connectivity index (χ1n) is 36.6. The quantitative estimate of drug-likeness (QED) is 0.0753. The molecular weight excluding hydrogens is 1460 g/mol. The molecule has 4 aliphatic carbocycles. The predicted molar refractivity (Wildman–Crippen MR) is 418 cm³/mol. The molecule has 20 heteroatoms. The summed E-state index contributed by atoms with van der Waals surface area (Å²) in [5.41, 5.74) is 21.4. The minimum atomic E-state index is -3.89. The minimum absolute atomic E-state index is 0.0280. The van der Waals surface area contributed by atoms with Gasteiger partial charge in [0.05, 0.1) is 35.0 Å². The van der Waals surface area contributed by atoms with E-state index >= 15 is 0 Å². The summed E-state index contributed by atoms with van der Waals surface area (Å²) in [6.45, 7) is 8.64. The third-order valence-corrected chi connectivity index (χ3v) is 23.4. The Morgan fingerprint density at radius 1 is 0.473 bits per heavy atom. The van der Waals surface area contributed by atoms with Crippen LogP contribution in [0.2, 0.25) is 0 Å². The van der Waals surface area contributed by atoms with Crippen LogP contribution in [0.4, 0.5) is 17.6 Å². The average Bonchev–Trinajstić information content (AvgIpc) is 1.61. The molecule has 18 rings (SSSR count). The van der Waals surface area contributed by atoms with E-state index in [-0.39, 0.29) is 76.3 Å². The van der Waals surface area contributed by atoms with Gasteiger partial charge in [0.1, 0.15) is 65.5 Å². The van der Waals surface area contributed by atoms with Crippen molar-refractivity contribution in [3.05, 3.63) is 342 Å². The SMILES string of the molecule is CC1(C)OC[C@@H](CC2C(=O)c3cc(F)ccc3Cc3ccccc32)O1.CNC[C@H]1CC2=C(O1)c1cc(F)ccc1Cc1ccccc12.Cc1ccc(S(=O)(=O)Cl)cc1.Cc1ccc(S(=O)(=O)OC[C@H]2CC3=C(O2)c2cc(F)ccc2Cc2ccccc23)cc1.OC[C@H]1CC2=C(O1)c1cc(F)ccc1Cc1ccccc12. The maximum absolute atomic E-state index is 14.0. The van der Waals surface area contributed by atoms with Crippen molar-refractivity contribution < 1.29 is 72.2 Å². The van der Waals surface area contributed by atoms with Crippen LogP contribution in [0.1, 0.15) is 150 Å². The zero-order chi connectivity index (χ0) is 77.2. The fourth-order valence-electron chi connectivity index (χ4n) is 15.5. The summed E-state index contributed by atoms with van der Waals surface area (Å²) in [6, 6.07) is 64.7. The van der Waals surface area contributed by atoms with Gasteiger partial charge in [0.15, 0.2) is 11.6 Å². The van der Waals surface area contributed by atoms with E-state index in [1.54, 1.807) is 42.5 Å². The first-order valence-corrected chi connectivity index (χ1v) is 40.3. The Bertz CT molecular complexity index is 5510. The number of benzene rings is 10. The van der Waals surface area contributed by atoms with Gasteiger partial charge in [-0.3, -0.25) is 8.98 Å². The number of aliphatic hydroxyl groups excluding tert-OH is 1. The van der Waals surface area contributed by atoms with E-state index in [0.29, 0.717) is 50.0 Å². The number of halogens is 5. The largest absolute Gasteiger partial charge is 0.488 e. The molecule has 0 aromatic heterocycles. The van der Waals surface area contributed by atoms with Crippen LogP contribution in [0, 0.1) is 37.1 Å². The summed E-state index contributed by atoms with van der Waals surface area (Å²) in [7, 11) is -0.430. The number of carbonyl (C=O) groups is 1. The van der Waals surface area contributed by atoms with Crippen molar-refractivity contribution in [2.75, 3.05) is 33.4 Å². The second-order valence-corrected chi connectivity index (χ2v) is 33.2. The Kier molecular flexibility index (Phi) is 22.8. The lowest BCUT2D eigenvalue weighted by atomic mass is 9.86. The van der Waals surface area contributed by atoms with Gasteiger partial charge in [-0.2, -0.15) is 8.42 Å². The highest BCUT2D eigenvalue weighted by atomic mass is 35.7. The second-order valence-electron chi connectivity index (χ2n) is 29.0. The molecule has 5 atom stereocenters. The molecule has 4 heterocycles. The molecule has 0 radical (unpaired) electrons. The number of nitrogens with one attached hydrogen (secondary N) is 1.